The molecule has 0 bridgehead atoms. The van der Waals surface area contributed by atoms with Crippen LogP contribution >= 0.6 is 27.3 Å². The van der Waals surface area contributed by atoms with Gasteiger partial charge in [-0.15, -0.1) is 11.3 Å². The molecule has 0 spiro atoms. The number of thiophene rings is 1. The highest BCUT2D eigenvalue weighted by Crippen LogP contribution is 2.45. The lowest BCUT2D eigenvalue weighted by atomic mass is 9.99. The number of rotatable bonds is 7. The van der Waals surface area contributed by atoms with Gasteiger partial charge in [-0.2, -0.15) is 0 Å². The van der Waals surface area contributed by atoms with Gasteiger partial charge in [0, 0.05) is 21.1 Å². The van der Waals surface area contributed by atoms with Crippen LogP contribution in [0, 0.1) is 0 Å². The first-order valence-electron chi connectivity index (χ1n) is 10.5. The van der Waals surface area contributed by atoms with Gasteiger partial charge in [-0.25, -0.2) is 0 Å². The van der Waals surface area contributed by atoms with Crippen LogP contribution in [0.2, 0.25) is 0 Å². The third-order valence-electron chi connectivity index (χ3n) is 5.16. The number of carbonyl (C=O) groups is 2. The van der Waals surface area contributed by atoms with E-state index in [1.54, 1.807) is 36.4 Å². The molecule has 1 aliphatic heterocycles. The number of ketones is 1. The average molecular weight is 528 g/mol. The van der Waals surface area contributed by atoms with Gasteiger partial charge in [0.05, 0.1) is 24.4 Å². The molecule has 1 amide bonds. The number of amides is 1. The van der Waals surface area contributed by atoms with Gasteiger partial charge in [0.15, 0.2) is 0 Å². The van der Waals surface area contributed by atoms with Gasteiger partial charge >= 0.3 is 0 Å². The molecule has 0 radical (unpaired) electrons. The first kappa shape index (κ1) is 23.1. The molecule has 0 aliphatic carbocycles. The summed E-state index contributed by atoms with van der Waals surface area (Å²) in [6.07, 6.45) is 0. The average Bonchev–Trinajstić information content (AvgIpc) is 3.41. The molecule has 1 atom stereocenters. The van der Waals surface area contributed by atoms with Gasteiger partial charge < -0.3 is 14.6 Å². The van der Waals surface area contributed by atoms with E-state index >= 15 is 0 Å². The van der Waals surface area contributed by atoms with Crippen molar-refractivity contribution in [2.24, 2.45) is 0 Å². The molecular weight excluding hydrogens is 506 g/mol. The monoisotopic (exact) mass is 527 g/mol. The number of Topliss-reactive ketones (excluding diaryl/α,β-unsaturated/α-hetero) is 1. The van der Waals surface area contributed by atoms with Gasteiger partial charge in [-0.1, -0.05) is 28.1 Å². The number of nitrogens with zero attached hydrogens (tertiary/aromatic N) is 1. The van der Waals surface area contributed by atoms with Crippen LogP contribution < -0.4 is 14.4 Å². The highest BCUT2D eigenvalue weighted by Gasteiger charge is 2.47. The van der Waals surface area contributed by atoms with Crippen LogP contribution in [-0.2, 0) is 9.59 Å². The molecule has 1 aliphatic rings. The van der Waals surface area contributed by atoms with Crippen LogP contribution in [0.15, 0.2) is 70.0 Å². The molecule has 2 aromatic carbocycles. The van der Waals surface area contributed by atoms with E-state index < -0.39 is 17.7 Å². The standard InChI is InChI=1S/C25H22BrNO5S/c1-3-31-17-10-11-18(19(14-17)32-4-2)23(28)21-22(20-9-6-12-33-20)27(25(30)24(21)29)16-8-5-7-15(26)13-16/h5-14,22,28H,3-4H2,1-2H3/b23-21-. The SMILES string of the molecule is CCOc1ccc(/C(O)=C2/C(=O)C(=O)N(c3cccc(Br)c3)C2c2cccs2)c(OCC)c1. The van der Waals surface area contributed by atoms with E-state index in [4.69, 9.17) is 9.47 Å². The second kappa shape index (κ2) is 9.80. The normalized spacial score (nSPS) is 17.4. The Morgan fingerprint density at radius 3 is 2.52 bits per heavy atom. The zero-order valence-corrected chi connectivity index (χ0v) is 20.5. The number of aliphatic hydroxyl groups is 1. The summed E-state index contributed by atoms with van der Waals surface area (Å²) < 4.78 is 12.1. The fourth-order valence-corrected chi connectivity index (χ4v) is 5.03. The van der Waals surface area contributed by atoms with E-state index in [0.717, 1.165) is 9.35 Å². The van der Waals surface area contributed by atoms with Crippen LogP contribution in [0.4, 0.5) is 5.69 Å². The largest absolute Gasteiger partial charge is 0.507 e. The summed E-state index contributed by atoms with van der Waals surface area (Å²) in [6.45, 7) is 4.54. The van der Waals surface area contributed by atoms with Crippen molar-refractivity contribution < 1.29 is 24.2 Å². The lowest BCUT2D eigenvalue weighted by Crippen LogP contribution is -2.29. The number of hydrogen-bond acceptors (Lipinski definition) is 6. The molecule has 1 unspecified atom stereocenters. The Morgan fingerprint density at radius 1 is 1.06 bits per heavy atom. The molecule has 6 nitrogen and oxygen atoms in total. The Hall–Kier alpha value is -3.10. The highest BCUT2D eigenvalue weighted by atomic mass is 79.9. The van der Waals surface area contributed by atoms with Gasteiger partial charge in [0.25, 0.3) is 11.7 Å². The maximum Gasteiger partial charge on any atom is 0.300 e. The van der Waals surface area contributed by atoms with Gasteiger partial charge in [0.2, 0.25) is 0 Å². The van der Waals surface area contributed by atoms with Crippen molar-refractivity contribution in [3.8, 4) is 11.5 Å². The molecule has 4 rings (SSSR count). The number of aliphatic hydroxyl groups excluding tert-OH is 1. The molecule has 8 heteroatoms. The first-order chi connectivity index (χ1) is 16.0. The number of anilines is 1. The zero-order chi connectivity index (χ0) is 23.5. The molecule has 33 heavy (non-hydrogen) atoms. The molecule has 1 N–H and O–H groups in total. The van der Waals surface area contributed by atoms with E-state index in [-0.39, 0.29) is 11.3 Å². The third kappa shape index (κ3) is 4.41. The topological polar surface area (TPSA) is 76.1 Å². The molecule has 1 aromatic heterocycles. The van der Waals surface area contributed by atoms with E-state index in [9.17, 15) is 14.7 Å². The Balaban J connectivity index is 1.91. The number of halogens is 1. The highest BCUT2D eigenvalue weighted by molar-refractivity contribution is 9.10. The zero-order valence-electron chi connectivity index (χ0n) is 18.1. The molecular formula is C25H22BrNO5S. The lowest BCUT2D eigenvalue weighted by molar-refractivity contribution is -0.132. The Kier molecular flexibility index (Phi) is 6.85. The molecule has 2 heterocycles. The van der Waals surface area contributed by atoms with Crippen LogP contribution in [0.1, 0.15) is 30.3 Å². The summed E-state index contributed by atoms with van der Waals surface area (Å²) in [4.78, 5) is 28.6. The van der Waals surface area contributed by atoms with E-state index in [1.165, 1.54) is 16.2 Å². The molecule has 1 fully saturated rings. The summed E-state index contributed by atoms with van der Waals surface area (Å²) in [6, 6.07) is 15.1. The second-order valence-corrected chi connectivity index (χ2v) is 9.08. The maximum absolute atomic E-state index is 13.3. The number of benzene rings is 2. The fraction of sp³-hybridized carbons (Fsp3) is 0.200. The van der Waals surface area contributed by atoms with Crippen LogP contribution in [0.25, 0.3) is 5.76 Å². The van der Waals surface area contributed by atoms with Crippen molar-refractivity contribution in [3.63, 3.8) is 0 Å². The molecule has 3 aromatic rings. The van der Waals surface area contributed by atoms with Gasteiger partial charge in [0.1, 0.15) is 23.3 Å². The van der Waals surface area contributed by atoms with Crippen molar-refractivity contribution in [1.29, 1.82) is 0 Å². The van der Waals surface area contributed by atoms with Crippen molar-refractivity contribution in [3.05, 3.63) is 80.5 Å². The van der Waals surface area contributed by atoms with Crippen molar-refractivity contribution in [2.75, 3.05) is 18.1 Å². The first-order valence-corrected chi connectivity index (χ1v) is 12.1. The number of ether oxygens (including phenoxy) is 2. The fourth-order valence-electron chi connectivity index (χ4n) is 3.82. The number of carbonyl (C=O) groups excluding carboxylic acids is 2. The molecule has 1 saturated heterocycles. The Morgan fingerprint density at radius 2 is 1.85 bits per heavy atom. The molecule has 0 saturated carbocycles. The van der Waals surface area contributed by atoms with Crippen molar-refractivity contribution in [2.45, 2.75) is 19.9 Å². The summed E-state index contributed by atoms with van der Waals surface area (Å²) in [5.41, 5.74) is 0.905. The summed E-state index contributed by atoms with van der Waals surface area (Å²) in [5.74, 6) is -0.767. The minimum Gasteiger partial charge on any atom is -0.507 e. The van der Waals surface area contributed by atoms with Gasteiger partial charge in [-0.3, -0.25) is 14.5 Å². The van der Waals surface area contributed by atoms with Crippen molar-refractivity contribution in [1.82, 2.24) is 0 Å². The van der Waals surface area contributed by atoms with Crippen molar-refractivity contribution >= 4 is 50.4 Å². The smallest absolute Gasteiger partial charge is 0.300 e. The van der Waals surface area contributed by atoms with E-state index in [1.807, 2.05) is 37.4 Å². The number of hydrogen-bond donors (Lipinski definition) is 1. The predicted octanol–water partition coefficient (Wildman–Crippen LogP) is 5.93. The minimum absolute atomic E-state index is 0.0209. The van der Waals surface area contributed by atoms with Crippen LogP contribution in [0.5, 0.6) is 11.5 Å². The van der Waals surface area contributed by atoms with E-state index in [2.05, 4.69) is 15.9 Å². The second-order valence-electron chi connectivity index (χ2n) is 7.19. The Bertz CT molecular complexity index is 1220. The summed E-state index contributed by atoms with van der Waals surface area (Å²) >= 11 is 4.84. The van der Waals surface area contributed by atoms with Crippen LogP contribution in [0.3, 0.4) is 0 Å². The predicted molar refractivity (Wildman–Crippen MR) is 132 cm³/mol. The maximum atomic E-state index is 13.3. The summed E-state index contributed by atoms with van der Waals surface area (Å²) in [7, 11) is 0. The third-order valence-corrected chi connectivity index (χ3v) is 6.58. The molecule has 170 valence electrons. The van der Waals surface area contributed by atoms with E-state index in [0.29, 0.717) is 36.0 Å². The van der Waals surface area contributed by atoms with Gasteiger partial charge in [-0.05, 0) is 55.6 Å². The van der Waals surface area contributed by atoms with Crippen LogP contribution in [-0.4, -0.2) is 30.0 Å². The summed E-state index contributed by atoms with van der Waals surface area (Å²) in [5, 5.41) is 13.3. The quantitative estimate of drug-likeness (QED) is 0.234. The lowest BCUT2D eigenvalue weighted by Gasteiger charge is -2.24. The minimum atomic E-state index is -0.764. The Labute approximate surface area is 204 Å².